The first-order valence-corrected chi connectivity index (χ1v) is 7.95. The Kier molecular flexibility index (Phi) is 5.24. The van der Waals surface area contributed by atoms with Crippen LogP contribution in [0.5, 0.6) is 0 Å². The Morgan fingerprint density at radius 2 is 1.91 bits per heavy atom. The van der Waals surface area contributed by atoms with E-state index in [1.807, 2.05) is 13.8 Å². The van der Waals surface area contributed by atoms with Crippen molar-refractivity contribution >= 4 is 17.7 Å². The maximum atomic E-state index is 13.0. The van der Waals surface area contributed by atoms with Crippen LogP contribution in [0.15, 0.2) is 35.6 Å². The zero-order valence-corrected chi connectivity index (χ0v) is 13.9. The van der Waals surface area contributed by atoms with E-state index in [0.29, 0.717) is 5.16 Å². The van der Waals surface area contributed by atoms with Gasteiger partial charge in [0.25, 0.3) is 0 Å². The molecular formula is C16H20FN3OS. The number of aromatic nitrogens is 2. The fraction of sp³-hybridized carbons (Fsp3) is 0.375. The average molecular weight is 321 g/mol. The van der Waals surface area contributed by atoms with Gasteiger partial charge in [-0.25, -0.2) is 9.37 Å². The maximum Gasteiger partial charge on any atom is 0.235 e. The van der Waals surface area contributed by atoms with Crippen LogP contribution < -0.4 is 0 Å². The van der Waals surface area contributed by atoms with E-state index >= 15 is 0 Å². The first-order chi connectivity index (χ1) is 10.4. The summed E-state index contributed by atoms with van der Waals surface area (Å²) in [4.78, 5) is 21.3. The standard InChI is InChI=1S/C16H20FN3OS/c1-10(2)14(15(21)20(3)4)22-16-18-9-13(19-16)11-5-7-12(17)8-6-11/h5-10,14H,1-4H3,(H,18,19)/t14-/m1/s1. The highest BCUT2D eigenvalue weighted by Gasteiger charge is 2.26. The van der Waals surface area contributed by atoms with Crippen molar-refractivity contribution in [3.63, 3.8) is 0 Å². The molecule has 0 bridgehead atoms. The number of aromatic amines is 1. The number of H-pyrrole nitrogens is 1. The Hall–Kier alpha value is -1.82. The maximum absolute atomic E-state index is 13.0. The highest BCUT2D eigenvalue weighted by molar-refractivity contribution is 8.00. The van der Waals surface area contributed by atoms with E-state index in [1.54, 1.807) is 37.3 Å². The number of hydrogen-bond donors (Lipinski definition) is 1. The molecule has 0 unspecified atom stereocenters. The molecule has 1 aromatic carbocycles. The number of carbonyl (C=O) groups is 1. The van der Waals surface area contributed by atoms with E-state index in [9.17, 15) is 9.18 Å². The fourth-order valence-electron chi connectivity index (χ4n) is 1.99. The van der Waals surface area contributed by atoms with Crippen LogP contribution in [-0.4, -0.2) is 40.1 Å². The second-order valence-electron chi connectivity index (χ2n) is 5.62. The Morgan fingerprint density at radius 3 is 2.45 bits per heavy atom. The van der Waals surface area contributed by atoms with Gasteiger partial charge in [-0.15, -0.1) is 0 Å². The van der Waals surface area contributed by atoms with Gasteiger partial charge in [-0.3, -0.25) is 4.79 Å². The van der Waals surface area contributed by atoms with Crippen LogP contribution in [0.4, 0.5) is 4.39 Å². The van der Waals surface area contributed by atoms with E-state index in [0.717, 1.165) is 11.3 Å². The van der Waals surface area contributed by atoms with Crippen LogP contribution in [0.3, 0.4) is 0 Å². The van der Waals surface area contributed by atoms with Gasteiger partial charge in [0.05, 0.1) is 17.1 Å². The predicted octanol–water partition coefficient (Wildman–Crippen LogP) is 3.42. The summed E-state index contributed by atoms with van der Waals surface area (Å²) in [6, 6.07) is 6.22. The normalized spacial score (nSPS) is 12.5. The minimum absolute atomic E-state index is 0.0692. The lowest BCUT2D eigenvalue weighted by Crippen LogP contribution is -2.34. The van der Waals surface area contributed by atoms with E-state index in [1.165, 1.54) is 23.9 Å². The van der Waals surface area contributed by atoms with Gasteiger partial charge in [-0.1, -0.05) is 25.6 Å². The van der Waals surface area contributed by atoms with E-state index < -0.39 is 0 Å². The van der Waals surface area contributed by atoms with Crippen molar-refractivity contribution in [1.29, 1.82) is 0 Å². The summed E-state index contributed by atoms with van der Waals surface area (Å²) in [5, 5.41) is 0.496. The summed E-state index contributed by atoms with van der Waals surface area (Å²) >= 11 is 1.42. The third kappa shape index (κ3) is 3.88. The minimum atomic E-state index is -0.269. The smallest absolute Gasteiger partial charge is 0.235 e. The fourth-order valence-corrected chi connectivity index (χ4v) is 3.09. The number of nitrogens with zero attached hydrogens (tertiary/aromatic N) is 2. The largest absolute Gasteiger partial charge is 0.348 e. The molecule has 6 heteroatoms. The van der Waals surface area contributed by atoms with Crippen molar-refractivity contribution in [2.75, 3.05) is 14.1 Å². The molecular weight excluding hydrogens is 301 g/mol. The van der Waals surface area contributed by atoms with Crippen molar-refractivity contribution in [2.24, 2.45) is 5.92 Å². The summed E-state index contributed by atoms with van der Waals surface area (Å²) < 4.78 is 13.0. The second kappa shape index (κ2) is 6.96. The molecule has 4 nitrogen and oxygen atoms in total. The van der Waals surface area contributed by atoms with Crippen LogP contribution in [-0.2, 0) is 4.79 Å². The minimum Gasteiger partial charge on any atom is -0.348 e. The Balaban J connectivity index is 2.16. The number of amides is 1. The first-order valence-electron chi connectivity index (χ1n) is 7.07. The lowest BCUT2D eigenvalue weighted by atomic mass is 10.1. The number of benzene rings is 1. The summed E-state index contributed by atoms with van der Waals surface area (Å²) in [5.41, 5.74) is 1.67. The lowest BCUT2D eigenvalue weighted by Gasteiger charge is -2.22. The number of nitrogens with one attached hydrogen (secondary N) is 1. The molecule has 2 aromatic rings. The number of carbonyl (C=O) groups excluding carboxylic acids is 1. The average Bonchev–Trinajstić information content (AvgIpc) is 2.93. The van der Waals surface area contributed by atoms with Crippen LogP contribution in [0.2, 0.25) is 0 Å². The van der Waals surface area contributed by atoms with Crippen molar-refractivity contribution < 1.29 is 9.18 Å². The molecule has 1 atom stereocenters. The van der Waals surface area contributed by atoms with Crippen molar-refractivity contribution in [3.8, 4) is 11.3 Å². The molecule has 1 aromatic heterocycles. The van der Waals surface area contributed by atoms with E-state index in [-0.39, 0.29) is 22.9 Å². The summed E-state index contributed by atoms with van der Waals surface area (Å²) in [6.07, 6.45) is 1.70. The van der Waals surface area contributed by atoms with Gasteiger partial charge < -0.3 is 9.88 Å². The second-order valence-corrected chi connectivity index (χ2v) is 6.75. The van der Waals surface area contributed by atoms with E-state index in [2.05, 4.69) is 9.97 Å². The van der Waals surface area contributed by atoms with Crippen LogP contribution in [0.1, 0.15) is 13.8 Å². The van der Waals surface area contributed by atoms with Crippen LogP contribution >= 0.6 is 11.8 Å². The molecule has 0 saturated heterocycles. The molecule has 1 amide bonds. The Labute approximate surface area is 134 Å². The number of thioether (sulfide) groups is 1. The lowest BCUT2D eigenvalue weighted by molar-refractivity contribution is -0.128. The molecule has 0 fully saturated rings. The van der Waals surface area contributed by atoms with Gasteiger partial charge in [-0.2, -0.15) is 0 Å². The van der Waals surface area contributed by atoms with Crippen molar-refractivity contribution in [3.05, 3.63) is 36.3 Å². The molecule has 0 aliphatic rings. The number of halogens is 1. The predicted molar refractivity (Wildman–Crippen MR) is 87.2 cm³/mol. The zero-order valence-electron chi connectivity index (χ0n) is 13.1. The van der Waals surface area contributed by atoms with Crippen LogP contribution in [0, 0.1) is 11.7 Å². The van der Waals surface area contributed by atoms with Gasteiger partial charge in [0.2, 0.25) is 5.91 Å². The van der Waals surface area contributed by atoms with Gasteiger partial charge in [-0.05, 0) is 35.7 Å². The SMILES string of the molecule is CC(C)[C@@H](Sc1ncc(-c2ccc(F)cc2)[nH]1)C(=O)N(C)C. The third-order valence-electron chi connectivity index (χ3n) is 3.24. The summed E-state index contributed by atoms with van der Waals surface area (Å²) in [5.74, 6) is -0.00619. The highest BCUT2D eigenvalue weighted by Crippen LogP contribution is 2.29. The molecule has 0 aliphatic carbocycles. The summed E-state index contributed by atoms with van der Waals surface area (Å²) in [6.45, 7) is 4.03. The van der Waals surface area contributed by atoms with Gasteiger partial charge in [0.1, 0.15) is 5.82 Å². The zero-order chi connectivity index (χ0) is 16.3. The number of rotatable bonds is 5. The van der Waals surface area contributed by atoms with Crippen LogP contribution in [0.25, 0.3) is 11.3 Å². The number of imidazole rings is 1. The molecule has 118 valence electrons. The third-order valence-corrected chi connectivity index (χ3v) is 4.67. The quantitative estimate of drug-likeness (QED) is 0.859. The molecule has 0 saturated carbocycles. The molecule has 2 rings (SSSR count). The van der Waals surface area contributed by atoms with Gasteiger partial charge >= 0.3 is 0 Å². The molecule has 0 spiro atoms. The Bertz CT molecular complexity index is 637. The van der Waals surface area contributed by atoms with Gasteiger partial charge in [0, 0.05) is 14.1 Å². The van der Waals surface area contributed by atoms with Crippen molar-refractivity contribution in [1.82, 2.24) is 14.9 Å². The molecule has 0 radical (unpaired) electrons. The highest BCUT2D eigenvalue weighted by atomic mass is 32.2. The van der Waals surface area contributed by atoms with Crippen molar-refractivity contribution in [2.45, 2.75) is 24.3 Å². The molecule has 0 aliphatic heterocycles. The number of hydrogen-bond acceptors (Lipinski definition) is 3. The topological polar surface area (TPSA) is 49.0 Å². The Morgan fingerprint density at radius 1 is 1.27 bits per heavy atom. The molecule has 22 heavy (non-hydrogen) atoms. The van der Waals surface area contributed by atoms with Gasteiger partial charge in [0.15, 0.2) is 5.16 Å². The molecule has 1 N–H and O–H groups in total. The summed E-state index contributed by atoms with van der Waals surface area (Å²) in [7, 11) is 3.51. The monoisotopic (exact) mass is 321 g/mol. The molecule has 1 heterocycles. The van der Waals surface area contributed by atoms with E-state index in [4.69, 9.17) is 0 Å². The first kappa shape index (κ1) is 16.5.